The molecule has 1 fully saturated rings. The minimum absolute atomic E-state index is 0.713. The van der Waals surface area contributed by atoms with E-state index in [0.717, 1.165) is 7.11 Å². The average Bonchev–Trinajstić information content (AvgIpc) is 2.57. The summed E-state index contributed by atoms with van der Waals surface area (Å²) in [5.41, 5.74) is 0. The van der Waals surface area contributed by atoms with Crippen LogP contribution in [0.25, 0.3) is 0 Å². The third-order valence-electron chi connectivity index (χ3n) is 2.67. The van der Waals surface area contributed by atoms with E-state index in [2.05, 4.69) is 43.1 Å². The third-order valence-corrected chi connectivity index (χ3v) is 4.77. The Labute approximate surface area is 147 Å². The summed E-state index contributed by atoms with van der Waals surface area (Å²) in [7, 11) is -13.7. The van der Waals surface area contributed by atoms with Gasteiger partial charge in [-0.05, 0) is 0 Å². The smallest absolute Gasteiger partial charge is 0.353 e. The summed E-state index contributed by atoms with van der Waals surface area (Å²) in [4.78, 5) is 0. The van der Waals surface area contributed by atoms with Crippen LogP contribution >= 0.6 is 0 Å². The number of rotatable bonds is 10. The highest BCUT2D eigenvalue weighted by Gasteiger charge is 2.50. The standard InChI is InChI=1S/C6H15N3O14S3/c1-16-6-5(20-26(14,15)23-9)4(19-25(12,13)22-8)3(2-17-6)18-24(10,11)21-7/h3-6H,2,7-9H2,1H3/t3-,4-,5+,6-/m1/s1. The molecule has 0 aliphatic carbocycles. The molecule has 17 nitrogen and oxygen atoms in total. The van der Waals surface area contributed by atoms with Gasteiger partial charge in [0.15, 0.2) is 12.4 Å². The van der Waals surface area contributed by atoms with Crippen LogP contribution in [0.4, 0.5) is 0 Å². The second-order valence-corrected chi connectivity index (χ2v) is 7.81. The normalized spacial score (nSPS) is 28.2. The summed E-state index contributed by atoms with van der Waals surface area (Å²) in [6, 6.07) is 0. The van der Waals surface area contributed by atoms with Gasteiger partial charge in [-0.25, -0.2) is 12.5 Å². The van der Waals surface area contributed by atoms with E-state index in [1.54, 1.807) is 0 Å². The van der Waals surface area contributed by atoms with E-state index in [0.29, 0.717) is 0 Å². The molecule has 156 valence electrons. The average molecular weight is 449 g/mol. The van der Waals surface area contributed by atoms with Gasteiger partial charge in [0.1, 0.15) is 12.2 Å². The van der Waals surface area contributed by atoms with Crippen molar-refractivity contribution < 1.29 is 60.1 Å². The molecule has 26 heavy (non-hydrogen) atoms. The van der Waals surface area contributed by atoms with Gasteiger partial charge in [0.05, 0.1) is 6.61 Å². The van der Waals surface area contributed by atoms with Gasteiger partial charge in [0.2, 0.25) is 0 Å². The fourth-order valence-corrected chi connectivity index (χ4v) is 3.32. The Balaban J connectivity index is 3.30. The first-order valence-corrected chi connectivity index (χ1v) is 9.99. The first-order valence-electron chi connectivity index (χ1n) is 5.99. The van der Waals surface area contributed by atoms with E-state index in [1.807, 2.05) is 0 Å². The summed E-state index contributed by atoms with van der Waals surface area (Å²) in [6.07, 6.45) is -7.60. The zero-order valence-corrected chi connectivity index (χ0v) is 15.1. The summed E-state index contributed by atoms with van der Waals surface area (Å²) >= 11 is 0. The lowest BCUT2D eigenvalue weighted by Crippen LogP contribution is -2.58. The van der Waals surface area contributed by atoms with Gasteiger partial charge in [-0.1, -0.05) is 0 Å². The Morgan fingerprint density at radius 3 is 1.62 bits per heavy atom. The lowest BCUT2D eigenvalue weighted by Gasteiger charge is -2.38. The Morgan fingerprint density at radius 1 is 0.769 bits per heavy atom. The highest BCUT2D eigenvalue weighted by atomic mass is 32.3. The molecule has 0 unspecified atom stereocenters. The van der Waals surface area contributed by atoms with Crippen LogP contribution in [0.3, 0.4) is 0 Å². The molecular formula is C6H15N3O14S3. The zero-order valence-electron chi connectivity index (χ0n) is 12.7. The molecule has 20 heteroatoms. The summed E-state index contributed by atoms with van der Waals surface area (Å²) in [5.74, 6) is 13.5. The van der Waals surface area contributed by atoms with Gasteiger partial charge in [-0.2, -0.15) is 55.8 Å². The summed E-state index contributed by atoms with van der Waals surface area (Å²) in [5, 5.41) is 0. The first-order chi connectivity index (χ1) is 11.9. The van der Waals surface area contributed by atoms with Gasteiger partial charge in [0.25, 0.3) is 0 Å². The van der Waals surface area contributed by atoms with Gasteiger partial charge in [0, 0.05) is 7.11 Å². The van der Waals surface area contributed by atoms with Crippen LogP contribution in [-0.4, -0.2) is 63.6 Å². The summed E-state index contributed by atoms with van der Waals surface area (Å²) in [6.45, 7) is -0.713. The molecule has 0 saturated carbocycles. The van der Waals surface area contributed by atoms with E-state index in [4.69, 9.17) is 9.47 Å². The maximum absolute atomic E-state index is 11.5. The van der Waals surface area contributed by atoms with Crippen LogP contribution in [0.15, 0.2) is 0 Å². The minimum atomic E-state index is -4.97. The molecule has 0 radical (unpaired) electrons. The molecule has 1 aliphatic rings. The van der Waals surface area contributed by atoms with Crippen molar-refractivity contribution in [3.8, 4) is 0 Å². The number of nitrogens with two attached hydrogens (primary N) is 3. The van der Waals surface area contributed by atoms with Crippen molar-refractivity contribution >= 4 is 31.2 Å². The maximum atomic E-state index is 11.5. The van der Waals surface area contributed by atoms with Crippen molar-refractivity contribution in [2.45, 2.75) is 24.6 Å². The van der Waals surface area contributed by atoms with Gasteiger partial charge < -0.3 is 9.47 Å². The minimum Gasteiger partial charge on any atom is -0.353 e. The lowest BCUT2D eigenvalue weighted by atomic mass is 10.1. The molecular weight excluding hydrogens is 434 g/mol. The molecule has 1 saturated heterocycles. The van der Waals surface area contributed by atoms with E-state index in [-0.39, 0.29) is 0 Å². The number of ether oxygens (including phenoxy) is 2. The lowest BCUT2D eigenvalue weighted by molar-refractivity contribution is -0.247. The fourth-order valence-electron chi connectivity index (χ4n) is 1.74. The molecule has 0 aromatic heterocycles. The number of methoxy groups -OCH3 is 1. The zero-order chi connectivity index (χ0) is 20.2. The van der Waals surface area contributed by atoms with Crippen LogP contribution in [0.1, 0.15) is 0 Å². The number of hydrogen-bond acceptors (Lipinski definition) is 17. The first kappa shape index (κ1) is 23.4. The molecule has 0 aromatic rings. The van der Waals surface area contributed by atoms with Gasteiger partial charge in [-0.15, -0.1) is 0 Å². The van der Waals surface area contributed by atoms with E-state index >= 15 is 0 Å². The molecule has 6 N–H and O–H groups in total. The van der Waals surface area contributed by atoms with E-state index in [1.165, 1.54) is 0 Å². The molecule has 0 bridgehead atoms. The molecule has 0 aromatic carbocycles. The van der Waals surface area contributed by atoms with Crippen LogP contribution in [-0.2, 0) is 66.1 Å². The largest absolute Gasteiger partial charge is 0.416 e. The Hall–Kier alpha value is -0.590. The van der Waals surface area contributed by atoms with E-state index < -0.39 is 62.4 Å². The molecule has 0 spiro atoms. The van der Waals surface area contributed by atoms with Crippen molar-refractivity contribution in [1.82, 2.24) is 0 Å². The van der Waals surface area contributed by atoms with Crippen molar-refractivity contribution in [2.24, 2.45) is 17.7 Å². The Kier molecular flexibility index (Phi) is 8.18. The van der Waals surface area contributed by atoms with Gasteiger partial charge in [-0.3, -0.25) is 0 Å². The number of hydrogen-bond donors (Lipinski definition) is 3. The highest BCUT2D eigenvalue weighted by Crippen LogP contribution is 2.28. The Morgan fingerprint density at radius 2 is 1.19 bits per heavy atom. The van der Waals surface area contributed by atoms with Crippen molar-refractivity contribution in [3.05, 3.63) is 0 Å². The van der Waals surface area contributed by atoms with Crippen molar-refractivity contribution in [1.29, 1.82) is 0 Å². The second kappa shape index (κ2) is 9.07. The van der Waals surface area contributed by atoms with Crippen LogP contribution in [0.2, 0.25) is 0 Å². The van der Waals surface area contributed by atoms with Crippen molar-refractivity contribution in [2.75, 3.05) is 13.7 Å². The van der Waals surface area contributed by atoms with Gasteiger partial charge >= 0.3 is 31.2 Å². The monoisotopic (exact) mass is 449 g/mol. The molecule has 1 rings (SSSR count). The SMILES string of the molecule is CO[C@@H]1OC[C@@H](OS(=O)(=O)ON)[C@@H](OS(=O)(=O)ON)[C@@H]1OS(=O)(=O)ON. The fraction of sp³-hybridized carbons (Fsp3) is 1.00. The predicted molar refractivity (Wildman–Crippen MR) is 73.9 cm³/mol. The molecule has 4 atom stereocenters. The molecule has 0 amide bonds. The van der Waals surface area contributed by atoms with Crippen LogP contribution in [0.5, 0.6) is 0 Å². The Bertz CT molecular complexity index is 764. The van der Waals surface area contributed by atoms with Crippen molar-refractivity contribution in [3.63, 3.8) is 0 Å². The second-order valence-electron chi connectivity index (χ2n) is 4.21. The summed E-state index contributed by atoms with van der Waals surface area (Å²) < 4.78 is 102. The maximum Gasteiger partial charge on any atom is 0.416 e. The highest BCUT2D eigenvalue weighted by molar-refractivity contribution is 7.82. The van der Waals surface area contributed by atoms with Crippen LogP contribution in [0, 0.1) is 0 Å². The third kappa shape index (κ3) is 6.54. The van der Waals surface area contributed by atoms with Crippen LogP contribution < -0.4 is 17.7 Å². The quantitative estimate of drug-likeness (QED) is 0.266. The molecule has 1 aliphatic heterocycles. The topological polar surface area (TPSA) is 254 Å². The predicted octanol–water partition coefficient (Wildman–Crippen LogP) is -4.45. The molecule has 1 heterocycles. The van der Waals surface area contributed by atoms with E-state index in [9.17, 15) is 25.3 Å².